The molecule has 1 rings (SSSR count). The molecule has 1 aromatic carbocycles. The molecule has 0 saturated carbocycles. The van der Waals surface area contributed by atoms with Crippen LogP contribution in [-0.2, 0) is 6.54 Å². The molecule has 0 aromatic heterocycles. The lowest BCUT2D eigenvalue weighted by Gasteiger charge is -2.17. The normalized spacial score (nSPS) is 10.7. The van der Waals surface area contributed by atoms with E-state index in [4.69, 9.17) is 10.6 Å². The van der Waals surface area contributed by atoms with Crippen LogP contribution in [0.2, 0.25) is 0 Å². The number of benzene rings is 1. The molecule has 0 fully saturated rings. The lowest BCUT2D eigenvalue weighted by molar-refractivity contribution is 0.295. The Labute approximate surface area is 98.5 Å². The van der Waals surface area contributed by atoms with Gasteiger partial charge in [-0.1, -0.05) is 15.9 Å². The van der Waals surface area contributed by atoms with Crippen LogP contribution in [0.15, 0.2) is 22.7 Å². The number of hydrazine groups is 1. The Morgan fingerprint density at radius 2 is 2.27 bits per heavy atom. The van der Waals surface area contributed by atoms with Crippen molar-refractivity contribution in [2.24, 2.45) is 5.84 Å². The summed E-state index contributed by atoms with van der Waals surface area (Å²) in [5.41, 5.74) is 3.74. The summed E-state index contributed by atoms with van der Waals surface area (Å²) < 4.78 is 6.33. The van der Waals surface area contributed by atoms with Crippen LogP contribution in [-0.4, -0.2) is 25.7 Å². The number of nitrogens with zero attached hydrogens (tertiary/aromatic N) is 1. The monoisotopic (exact) mass is 273 g/mol. The van der Waals surface area contributed by atoms with E-state index in [1.165, 1.54) is 0 Å². The molecule has 0 spiro atoms. The van der Waals surface area contributed by atoms with Crippen molar-refractivity contribution in [3.05, 3.63) is 28.2 Å². The number of ether oxygens (including phenoxy) is 1. The number of halogens is 1. The molecule has 0 atom stereocenters. The molecule has 15 heavy (non-hydrogen) atoms. The van der Waals surface area contributed by atoms with E-state index in [9.17, 15) is 0 Å². The number of nitrogens with two attached hydrogens (primary N) is 1. The van der Waals surface area contributed by atoms with Crippen LogP contribution in [0.1, 0.15) is 5.56 Å². The summed E-state index contributed by atoms with van der Waals surface area (Å²) in [6, 6.07) is 5.96. The Morgan fingerprint density at radius 3 is 2.87 bits per heavy atom. The Bertz CT molecular complexity index is 320. The molecular weight excluding hydrogens is 258 g/mol. The number of hydrogen-bond acceptors (Lipinski definition) is 4. The van der Waals surface area contributed by atoms with Crippen molar-refractivity contribution in [2.75, 3.05) is 20.8 Å². The molecule has 0 radical (unpaired) electrons. The van der Waals surface area contributed by atoms with E-state index in [2.05, 4.69) is 26.3 Å². The van der Waals surface area contributed by atoms with E-state index in [1.54, 1.807) is 7.11 Å². The van der Waals surface area contributed by atoms with Crippen LogP contribution >= 0.6 is 15.9 Å². The van der Waals surface area contributed by atoms with Gasteiger partial charge in [-0.2, -0.15) is 0 Å². The molecule has 0 aliphatic carbocycles. The van der Waals surface area contributed by atoms with E-state index in [1.807, 2.05) is 25.2 Å². The number of rotatable bonds is 5. The molecule has 0 unspecified atom stereocenters. The molecule has 5 heteroatoms. The minimum Gasteiger partial charge on any atom is -0.496 e. The summed E-state index contributed by atoms with van der Waals surface area (Å²) in [5.74, 6) is 6.14. The molecule has 0 bridgehead atoms. The largest absolute Gasteiger partial charge is 0.496 e. The first-order valence-corrected chi connectivity index (χ1v) is 5.41. The first-order valence-electron chi connectivity index (χ1n) is 4.61. The third kappa shape index (κ3) is 3.79. The van der Waals surface area contributed by atoms with Crippen LogP contribution in [0, 0.1) is 0 Å². The summed E-state index contributed by atoms with van der Waals surface area (Å²) in [6.07, 6.45) is 0. The van der Waals surface area contributed by atoms with Crippen LogP contribution in [0.3, 0.4) is 0 Å². The SMILES string of the molecule is COc1ccc(Br)cc1CN(C)CNN. The van der Waals surface area contributed by atoms with Crippen molar-refractivity contribution in [2.45, 2.75) is 6.54 Å². The summed E-state index contributed by atoms with van der Waals surface area (Å²) >= 11 is 3.44. The molecular formula is C10H16BrN3O. The van der Waals surface area contributed by atoms with Crippen LogP contribution < -0.4 is 16.0 Å². The summed E-state index contributed by atoms with van der Waals surface area (Å²) in [6.45, 7) is 1.42. The van der Waals surface area contributed by atoms with Crippen molar-refractivity contribution in [1.29, 1.82) is 0 Å². The van der Waals surface area contributed by atoms with Crippen molar-refractivity contribution in [1.82, 2.24) is 10.3 Å². The average molecular weight is 274 g/mol. The third-order valence-electron chi connectivity index (χ3n) is 2.04. The lowest BCUT2D eigenvalue weighted by Crippen LogP contribution is -2.35. The Balaban J connectivity index is 2.77. The molecule has 0 saturated heterocycles. The molecule has 0 aliphatic heterocycles. The van der Waals surface area contributed by atoms with Crippen LogP contribution in [0.25, 0.3) is 0 Å². The molecule has 0 heterocycles. The fraction of sp³-hybridized carbons (Fsp3) is 0.400. The van der Waals surface area contributed by atoms with Crippen LogP contribution in [0.5, 0.6) is 5.75 Å². The quantitative estimate of drug-likeness (QED) is 0.483. The van der Waals surface area contributed by atoms with E-state index < -0.39 is 0 Å². The van der Waals surface area contributed by atoms with Crippen molar-refractivity contribution in [3.8, 4) is 5.75 Å². The molecule has 0 aliphatic rings. The van der Waals surface area contributed by atoms with Crippen molar-refractivity contribution >= 4 is 15.9 Å². The van der Waals surface area contributed by atoms with Gasteiger partial charge in [0.25, 0.3) is 0 Å². The molecule has 4 nitrogen and oxygen atoms in total. The van der Waals surface area contributed by atoms with Crippen molar-refractivity contribution in [3.63, 3.8) is 0 Å². The number of methoxy groups -OCH3 is 1. The predicted molar refractivity (Wildman–Crippen MR) is 64.4 cm³/mol. The predicted octanol–water partition coefficient (Wildman–Crippen LogP) is 1.31. The zero-order valence-corrected chi connectivity index (χ0v) is 10.5. The molecule has 84 valence electrons. The topological polar surface area (TPSA) is 50.5 Å². The van der Waals surface area contributed by atoms with Gasteiger partial charge in [-0.05, 0) is 25.2 Å². The fourth-order valence-electron chi connectivity index (χ4n) is 1.37. The second-order valence-corrected chi connectivity index (χ2v) is 4.25. The first-order chi connectivity index (χ1) is 7.17. The maximum Gasteiger partial charge on any atom is 0.123 e. The van der Waals surface area contributed by atoms with Crippen molar-refractivity contribution < 1.29 is 4.74 Å². The first kappa shape index (κ1) is 12.4. The van der Waals surface area contributed by atoms with Gasteiger partial charge in [-0.3, -0.25) is 10.7 Å². The molecule has 0 amide bonds. The average Bonchev–Trinajstić information content (AvgIpc) is 2.18. The van der Waals surface area contributed by atoms with E-state index in [-0.39, 0.29) is 0 Å². The molecule has 3 N–H and O–H groups in total. The minimum atomic E-state index is 0.635. The Morgan fingerprint density at radius 1 is 1.53 bits per heavy atom. The number of hydrogen-bond donors (Lipinski definition) is 2. The highest BCUT2D eigenvalue weighted by molar-refractivity contribution is 9.10. The van der Waals surface area contributed by atoms with Crippen LogP contribution in [0.4, 0.5) is 0 Å². The molecule has 1 aromatic rings. The maximum absolute atomic E-state index is 5.28. The van der Waals surface area contributed by atoms with Gasteiger partial charge in [0.2, 0.25) is 0 Å². The second-order valence-electron chi connectivity index (χ2n) is 3.33. The van der Waals surface area contributed by atoms with Gasteiger partial charge in [-0.15, -0.1) is 0 Å². The van der Waals surface area contributed by atoms with Gasteiger partial charge < -0.3 is 4.74 Å². The third-order valence-corrected chi connectivity index (χ3v) is 2.54. The van der Waals surface area contributed by atoms with Gasteiger partial charge in [0.05, 0.1) is 13.8 Å². The summed E-state index contributed by atoms with van der Waals surface area (Å²) in [4.78, 5) is 2.06. The smallest absolute Gasteiger partial charge is 0.123 e. The summed E-state index contributed by atoms with van der Waals surface area (Å²) in [5, 5.41) is 0. The minimum absolute atomic E-state index is 0.635. The zero-order valence-electron chi connectivity index (χ0n) is 8.96. The second kappa shape index (κ2) is 6.07. The fourth-order valence-corrected chi connectivity index (χ4v) is 1.78. The van der Waals surface area contributed by atoms with Gasteiger partial charge >= 0.3 is 0 Å². The van der Waals surface area contributed by atoms with E-state index in [0.29, 0.717) is 6.67 Å². The van der Waals surface area contributed by atoms with Gasteiger partial charge in [0.1, 0.15) is 5.75 Å². The van der Waals surface area contributed by atoms with Gasteiger partial charge in [-0.25, -0.2) is 5.43 Å². The maximum atomic E-state index is 5.28. The van der Waals surface area contributed by atoms with Gasteiger partial charge in [0.15, 0.2) is 0 Å². The Hall–Kier alpha value is -0.620. The highest BCUT2D eigenvalue weighted by Crippen LogP contribution is 2.23. The standard InChI is InChI=1S/C10H16BrN3O/c1-14(7-13-12)6-8-5-9(11)3-4-10(8)15-2/h3-5,13H,6-7,12H2,1-2H3. The van der Waals surface area contributed by atoms with E-state index >= 15 is 0 Å². The highest BCUT2D eigenvalue weighted by atomic mass is 79.9. The highest BCUT2D eigenvalue weighted by Gasteiger charge is 2.06. The number of nitrogens with one attached hydrogen (secondary N) is 1. The van der Waals surface area contributed by atoms with Gasteiger partial charge in [0, 0.05) is 16.6 Å². The van der Waals surface area contributed by atoms with E-state index in [0.717, 1.165) is 22.3 Å². The summed E-state index contributed by atoms with van der Waals surface area (Å²) in [7, 11) is 3.66. The Kier molecular flexibility index (Phi) is 5.04. The zero-order chi connectivity index (χ0) is 11.3. The lowest BCUT2D eigenvalue weighted by atomic mass is 10.2.